The van der Waals surface area contributed by atoms with Crippen LogP contribution in [0.2, 0.25) is 5.02 Å². The number of aryl methyl sites for hydroxylation is 1. The number of halogens is 1. The molecule has 29 heavy (non-hydrogen) atoms. The molecule has 144 valence electrons. The Hall–Kier alpha value is -3.31. The molecule has 1 saturated heterocycles. The first-order valence-electron chi connectivity index (χ1n) is 9.18. The zero-order chi connectivity index (χ0) is 20.5. The largest absolute Gasteiger partial charge is 0.378 e. The van der Waals surface area contributed by atoms with Gasteiger partial charge >= 0.3 is 5.91 Å². The van der Waals surface area contributed by atoms with E-state index < -0.39 is 29.4 Å². The SMILES string of the molecule is Cc1ccc(C(=O)C2C(=O)C(=O)N(c3cccc[nH+]3)C2c2ccccc2Cl)cc1. The van der Waals surface area contributed by atoms with E-state index in [1.807, 2.05) is 19.1 Å². The molecule has 3 aromatic rings. The molecule has 0 aliphatic carbocycles. The van der Waals surface area contributed by atoms with Gasteiger partial charge in [0.05, 0.1) is 6.20 Å². The van der Waals surface area contributed by atoms with E-state index in [0.717, 1.165) is 5.56 Å². The van der Waals surface area contributed by atoms with Crippen LogP contribution in [-0.4, -0.2) is 17.5 Å². The minimum Gasteiger partial charge on any atom is -0.293 e. The van der Waals surface area contributed by atoms with Gasteiger partial charge in [0.1, 0.15) is 12.0 Å². The molecule has 2 heterocycles. The lowest BCUT2D eigenvalue weighted by Crippen LogP contribution is -2.34. The van der Waals surface area contributed by atoms with Gasteiger partial charge in [0.15, 0.2) is 5.78 Å². The quantitative estimate of drug-likeness (QED) is 0.378. The van der Waals surface area contributed by atoms with E-state index in [0.29, 0.717) is 22.0 Å². The van der Waals surface area contributed by atoms with Crippen molar-refractivity contribution in [2.45, 2.75) is 13.0 Å². The van der Waals surface area contributed by atoms with Crippen molar-refractivity contribution in [3.63, 3.8) is 0 Å². The van der Waals surface area contributed by atoms with Gasteiger partial charge in [-0.2, -0.15) is 4.90 Å². The first-order valence-corrected chi connectivity index (χ1v) is 9.56. The molecule has 1 N–H and O–H groups in total. The Bertz CT molecular complexity index is 1100. The highest BCUT2D eigenvalue weighted by atomic mass is 35.5. The Morgan fingerprint density at radius 3 is 2.31 bits per heavy atom. The maximum absolute atomic E-state index is 13.3. The lowest BCUT2D eigenvalue weighted by Gasteiger charge is -2.21. The molecule has 2 aromatic carbocycles. The van der Waals surface area contributed by atoms with Crippen molar-refractivity contribution >= 4 is 34.9 Å². The average molecular weight is 406 g/mol. The van der Waals surface area contributed by atoms with Crippen LogP contribution in [0, 0.1) is 12.8 Å². The van der Waals surface area contributed by atoms with Crippen LogP contribution in [0.5, 0.6) is 0 Å². The number of nitrogens with one attached hydrogen (secondary N) is 1. The monoisotopic (exact) mass is 405 g/mol. The molecule has 1 aromatic heterocycles. The number of rotatable bonds is 4. The zero-order valence-electron chi connectivity index (χ0n) is 15.6. The molecule has 0 bridgehead atoms. The molecule has 2 atom stereocenters. The van der Waals surface area contributed by atoms with Crippen LogP contribution >= 0.6 is 11.6 Å². The average Bonchev–Trinajstić information content (AvgIpc) is 3.00. The summed E-state index contributed by atoms with van der Waals surface area (Å²) in [6, 6.07) is 18.3. The van der Waals surface area contributed by atoms with E-state index in [1.165, 1.54) is 4.90 Å². The molecule has 0 spiro atoms. The van der Waals surface area contributed by atoms with E-state index in [-0.39, 0.29) is 0 Å². The van der Waals surface area contributed by atoms with Crippen molar-refractivity contribution in [3.8, 4) is 0 Å². The number of benzene rings is 2. The molecule has 5 nitrogen and oxygen atoms in total. The number of carbonyl (C=O) groups is 3. The van der Waals surface area contributed by atoms with Gasteiger partial charge in [-0.05, 0) is 19.1 Å². The number of amides is 1. The van der Waals surface area contributed by atoms with Crippen LogP contribution in [0.3, 0.4) is 0 Å². The number of H-pyrrole nitrogens is 1. The first-order chi connectivity index (χ1) is 14.0. The molecule has 1 aliphatic rings. The fourth-order valence-electron chi connectivity index (χ4n) is 3.66. The number of anilines is 1. The molecule has 2 unspecified atom stereocenters. The first kappa shape index (κ1) is 19.0. The molecular formula is C23H18ClN2O3+. The van der Waals surface area contributed by atoms with Crippen molar-refractivity contribution in [3.05, 3.63) is 94.6 Å². The number of hydrogen-bond donors (Lipinski definition) is 0. The van der Waals surface area contributed by atoms with Gasteiger partial charge in [-0.25, -0.2) is 9.78 Å². The van der Waals surface area contributed by atoms with Gasteiger partial charge in [0, 0.05) is 22.2 Å². The maximum Gasteiger partial charge on any atom is 0.378 e. The van der Waals surface area contributed by atoms with Crippen LogP contribution < -0.4 is 9.88 Å². The van der Waals surface area contributed by atoms with Gasteiger partial charge < -0.3 is 0 Å². The summed E-state index contributed by atoms with van der Waals surface area (Å²) in [6.45, 7) is 1.91. The predicted molar refractivity (Wildman–Crippen MR) is 109 cm³/mol. The Morgan fingerprint density at radius 1 is 0.966 bits per heavy atom. The second kappa shape index (κ2) is 7.60. The highest BCUT2D eigenvalue weighted by molar-refractivity contribution is 6.49. The number of Topliss-reactive ketones (excluding diaryl/α,β-unsaturated/α-hetero) is 2. The summed E-state index contributed by atoms with van der Waals surface area (Å²) in [5.74, 6) is -2.62. The summed E-state index contributed by atoms with van der Waals surface area (Å²) in [6.07, 6.45) is 1.66. The second-order valence-electron chi connectivity index (χ2n) is 6.96. The zero-order valence-corrected chi connectivity index (χ0v) is 16.4. The molecule has 0 radical (unpaired) electrons. The fraction of sp³-hybridized carbons (Fsp3) is 0.130. The molecule has 4 rings (SSSR count). The van der Waals surface area contributed by atoms with Crippen LogP contribution in [0.25, 0.3) is 0 Å². The lowest BCUT2D eigenvalue weighted by atomic mass is 9.86. The molecule has 0 saturated carbocycles. The number of nitrogens with zero attached hydrogens (tertiary/aromatic N) is 1. The third-order valence-corrected chi connectivity index (χ3v) is 5.44. The maximum atomic E-state index is 13.3. The van der Waals surface area contributed by atoms with Gasteiger partial charge in [0.25, 0.3) is 11.6 Å². The number of aromatic amines is 1. The second-order valence-corrected chi connectivity index (χ2v) is 7.37. The summed E-state index contributed by atoms with van der Waals surface area (Å²) in [4.78, 5) is 43.6. The topological polar surface area (TPSA) is 68.6 Å². The highest BCUT2D eigenvalue weighted by Gasteiger charge is 2.58. The molecular weight excluding hydrogens is 388 g/mol. The summed E-state index contributed by atoms with van der Waals surface area (Å²) >= 11 is 6.42. The van der Waals surface area contributed by atoms with Gasteiger partial charge in [-0.3, -0.25) is 9.59 Å². The van der Waals surface area contributed by atoms with Crippen LogP contribution in [0.4, 0.5) is 5.82 Å². The van der Waals surface area contributed by atoms with Crippen molar-refractivity contribution in [2.75, 3.05) is 4.90 Å². The van der Waals surface area contributed by atoms with Crippen molar-refractivity contribution in [1.29, 1.82) is 0 Å². The summed E-state index contributed by atoms with van der Waals surface area (Å²) in [5, 5.41) is 0.391. The molecule has 1 fully saturated rings. The lowest BCUT2D eigenvalue weighted by molar-refractivity contribution is -0.363. The minimum absolute atomic E-state index is 0.387. The molecule has 6 heteroatoms. The Kier molecular flexibility index (Phi) is 4.99. The Balaban J connectivity index is 1.87. The van der Waals surface area contributed by atoms with Crippen molar-refractivity contribution in [1.82, 2.24) is 0 Å². The minimum atomic E-state index is -1.18. The summed E-state index contributed by atoms with van der Waals surface area (Å²) < 4.78 is 0. The number of hydrogen-bond acceptors (Lipinski definition) is 3. The highest BCUT2D eigenvalue weighted by Crippen LogP contribution is 2.42. The van der Waals surface area contributed by atoms with Crippen LogP contribution in [-0.2, 0) is 9.59 Å². The van der Waals surface area contributed by atoms with Gasteiger partial charge in [-0.1, -0.05) is 65.7 Å². The van der Waals surface area contributed by atoms with E-state index in [9.17, 15) is 14.4 Å². The van der Waals surface area contributed by atoms with E-state index in [2.05, 4.69) is 4.98 Å². The predicted octanol–water partition coefficient (Wildman–Crippen LogP) is 3.62. The van der Waals surface area contributed by atoms with E-state index in [4.69, 9.17) is 11.6 Å². The molecule has 1 amide bonds. The van der Waals surface area contributed by atoms with Gasteiger partial charge in [-0.15, -0.1) is 0 Å². The van der Waals surface area contributed by atoms with Gasteiger partial charge in [0.2, 0.25) is 0 Å². The Labute approximate surface area is 172 Å². The van der Waals surface area contributed by atoms with Crippen LogP contribution in [0.1, 0.15) is 27.5 Å². The van der Waals surface area contributed by atoms with Crippen LogP contribution in [0.15, 0.2) is 72.9 Å². The summed E-state index contributed by atoms with van der Waals surface area (Å²) in [7, 11) is 0. The number of ketones is 2. The third kappa shape index (κ3) is 3.34. The third-order valence-electron chi connectivity index (χ3n) is 5.10. The standard InChI is InChI=1S/C23H17ClN2O3/c1-14-9-11-15(12-10-14)21(27)19-20(16-6-2-3-7-17(16)24)26(23(29)22(19)28)18-8-4-5-13-25-18/h2-13,19-20H,1H3/p+1. The number of carbonyl (C=O) groups excluding carboxylic acids is 3. The Morgan fingerprint density at radius 2 is 1.66 bits per heavy atom. The van der Waals surface area contributed by atoms with E-state index >= 15 is 0 Å². The normalized spacial score (nSPS) is 18.9. The van der Waals surface area contributed by atoms with E-state index in [1.54, 1.807) is 60.8 Å². The van der Waals surface area contributed by atoms with Crippen molar-refractivity contribution < 1.29 is 19.4 Å². The van der Waals surface area contributed by atoms with Crippen molar-refractivity contribution in [2.24, 2.45) is 5.92 Å². The summed E-state index contributed by atoms with van der Waals surface area (Å²) in [5.41, 5.74) is 1.94. The number of aromatic nitrogens is 1. The number of pyridine rings is 1. The molecule has 1 aliphatic heterocycles. The fourth-order valence-corrected chi connectivity index (χ4v) is 3.90. The smallest absolute Gasteiger partial charge is 0.293 e.